The number of hydrogen-bond acceptors (Lipinski definition) is 3. The van der Waals surface area contributed by atoms with Crippen molar-refractivity contribution in [2.45, 2.75) is 51.6 Å². The standard InChI is InChI=1S/C23H25NO2/c1-2-3-17-4-8-19(9-5-17)20-10-12-21(13-11-20)23(25)26-22-14-6-18(16-24)7-15-22/h4-5,8-13,18,22H,2-3,6-7,14-15H2,1H3/t18-,22-. The van der Waals surface area contributed by atoms with Crippen LogP contribution in [0.5, 0.6) is 0 Å². The van der Waals surface area contributed by atoms with E-state index >= 15 is 0 Å². The number of aryl methyl sites for hydroxylation is 1. The molecule has 3 rings (SSSR count). The van der Waals surface area contributed by atoms with Gasteiger partial charge in [-0.15, -0.1) is 0 Å². The average Bonchev–Trinajstić information content (AvgIpc) is 2.69. The fourth-order valence-electron chi connectivity index (χ4n) is 3.48. The summed E-state index contributed by atoms with van der Waals surface area (Å²) in [4.78, 5) is 12.3. The third-order valence-electron chi connectivity index (χ3n) is 5.08. The van der Waals surface area contributed by atoms with Crippen LogP contribution in [0.15, 0.2) is 48.5 Å². The lowest BCUT2D eigenvalue weighted by Crippen LogP contribution is -2.24. The summed E-state index contributed by atoms with van der Waals surface area (Å²) in [7, 11) is 0. The second-order valence-corrected chi connectivity index (χ2v) is 7.03. The summed E-state index contributed by atoms with van der Waals surface area (Å²) in [6, 6.07) is 18.5. The van der Waals surface area contributed by atoms with Gasteiger partial charge in [0.15, 0.2) is 0 Å². The van der Waals surface area contributed by atoms with Gasteiger partial charge in [0.25, 0.3) is 0 Å². The van der Waals surface area contributed by atoms with Gasteiger partial charge in [-0.1, -0.05) is 49.7 Å². The highest BCUT2D eigenvalue weighted by molar-refractivity contribution is 5.90. The maximum atomic E-state index is 12.3. The van der Waals surface area contributed by atoms with E-state index in [1.165, 1.54) is 5.56 Å². The van der Waals surface area contributed by atoms with Gasteiger partial charge in [0.1, 0.15) is 6.10 Å². The van der Waals surface area contributed by atoms with E-state index in [4.69, 9.17) is 10.00 Å². The Bertz CT molecular complexity index is 763. The number of ether oxygens (including phenoxy) is 1. The van der Waals surface area contributed by atoms with Crippen LogP contribution in [0.1, 0.15) is 54.9 Å². The largest absolute Gasteiger partial charge is 0.459 e. The van der Waals surface area contributed by atoms with E-state index in [0.29, 0.717) is 5.56 Å². The highest BCUT2D eigenvalue weighted by Gasteiger charge is 2.24. The monoisotopic (exact) mass is 347 g/mol. The molecule has 0 amide bonds. The van der Waals surface area contributed by atoms with Crippen LogP contribution in [0.25, 0.3) is 11.1 Å². The first-order chi connectivity index (χ1) is 12.7. The number of rotatable bonds is 5. The molecule has 0 saturated heterocycles. The average molecular weight is 347 g/mol. The summed E-state index contributed by atoms with van der Waals surface area (Å²) in [6.45, 7) is 2.18. The molecule has 0 aliphatic heterocycles. The summed E-state index contributed by atoms with van der Waals surface area (Å²) in [5.41, 5.74) is 4.18. The van der Waals surface area contributed by atoms with E-state index in [1.54, 1.807) is 0 Å². The number of benzene rings is 2. The zero-order valence-corrected chi connectivity index (χ0v) is 15.3. The number of carbonyl (C=O) groups excluding carboxylic acids is 1. The summed E-state index contributed by atoms with van der Waals surface area (Å²) < 4.78 is 5.61. The Morgan fingerprint density at radius 1 is 1.00 bits per heavy atom. The van der Waals surface area contributed by atoms with Gasteiger partial charge in [-0.25, -0.2) is 4.79 Å². The van der Waals surface area contributed by atoms with E-state index in [1.807, 2.05) is 24.3 Å². The number of nitrogens with zero attached hydrogens (tertiary/aromatic N) is 1. The molecule has 0 radical (unpaired) electrons. The Kier molecular flexibility index (Phi) is 6.07. The van der Waals surface area contributed by atoms with E-state index in [2.05, 4.69) is 37.3 Å². The Hall–Kier alpha value is -2.60. The first kappa shape index (κ1) is 18.2. The molecule has 0 atom stereocenters. The van der Waals surface area contributed by atoms with Crippen LogP contribution in [0, 0.1) is 17.2 Å². The second-order valence-electron chi connectivity index (χ2n) is 7.03. The van der Waals surface area contributed by atoms with Gasteiger partial charge in [0.05, 0.1) is 11.6 Å². The minimum absolute atomic E-state index is 0.0575. The van der Waals surface area contributed by atoms with Crippen molar-refractivity contribution in [1.29, 1.82) is 5.26 Å². The predicted octanol–water partition coefficient (Wildman–Crippen LogP) is 5.55. The molecular weight excluding hydrogens is 322 g/mol. The Morgan fingerprint density at radius 2 is 1.58 bits per heavy atom. The quantitative estimate of drug-likeness (QED) is 0.667. The molecule has 2 aromatic rings. The summed E-state index contributed by atoms with van der Waals surface area (Å²) in [5.74, 6) is -0.150. The van der Waals surface area contributed by atoms with Gasteiger partial charge < -0.3 is 4.74 Å². The van der Waals surface area contributed by atoms with Crippen LogP contribution >= 0.6 is 0 Å². The van der Waals surface area contributed by atoms with Crippen molar-refractivity contribution >= 4 is 5.97 Å². The first-order valence-corrected chi connectivity index (χ1v) is 9.49. The van der Waals surface area contributed by atoms with Crippen molar-refractivity contribution in [3.05, 3.63) is 59.7 Å². The Morgan fingerprint density at radius 3 is 2.12 bits per heavy atom. The normalized spacial score (nSPS) is 19.5. The molecule has 0 aromatic heterocycles. The molecule has 1 fully saturated rings. The molecule has 0 heterocycles. The molecule has 3 nitrogen and oxygen atoms in total. The van der Waals surface area contributed by atoms with Gasteiger partial charge in [-0.2, -0.15) is 5.26 Å². The molecule has 3 heteroatoms. The maximum absolute atomic E-state index is 12.3. The lowest BCUT2D eigenvalue weighted by Gasteiger charge is -2.24. The van der Waals surface area contributed by atoms with Crippen molar-refractivity contribution in [2.75, 3.05) is 0 Å². The third kappa shape index (κ3) is 4.52. The Balaban J connectivity index is 1.60. The first-order valence-electron chi connectivity index (χ1n) is 9.49. The van der Waals surface area contributed by atoms with Gasteiger partial charge in [-0.05, 0) is 60.9 Å². The molecule has 26 heavy (non-hydrogen) atoms. The van der Waals surface area contributed by atoms with Crippen molar-refractivity contribution in [2.24, 2.45) is 5.92 Å². The predicted molar refractivity (Wildman–Crippen MR) is 103 cm³/mol. The number of hydrogen-bond donors (Lipinski definition) is 0. The van der Waals surface area contributed by atoms with Crippen LogP contribution in [0.4, 0.5) is 0 Å². The summed E-state index contributed by atoms with van der Waals surface area (Å²) >= 11 is 0. The fraction of sp³-hybridized carbons (Fsp3) is 0.391. The molecule has 0 N–H and O–H groups in total. The molecule has 0 unspecified atom stereocenters. The highest BCUT2D eigenvalue weighted by Crippen LogP contribution is 2.27. The second kappa shape index (κ2) is 8.67. The van der Waals surface area contributed by atoms with Crippen molar-refractivity contribution in [1.82, 2.24) is 0 Å². The summed E-state index contributed by atoms with van der Waals surface area (Å²) in [6.07, 6.45) is 5.40. The van der Waals surface area contributed by atoms with Gasteiger partial charge >= 0.3 is 5.97 Å². The zero-order valence-electron chi connectivity index (χ0n) is 15.3. The van der Waals surface area contributed by atoms with Crippen molar-refractivity contribution in [3.63, 3.8) is 0 Å². The van der Waals surface area contributed by atoms with Gasteiger partial charge in [-0.3, -0.25) is 0 Å². The van der Waals surface area contributed by atoms with Crippen molar-refractivity contribution in [3.8, 4) is 17.2 Å². The van der Waals surface area contributed by atoms with Crippen LogP contribution in [-0.2, 0) is 11.2 Å². The van der Waals surface area contributed by atoms with Gasteiger partial charge in [0.2, 0.25) is 0 Å². The number of esters is 1. The summed E-state index contributed by atoms with van der Waals surface area (Å²) in [5, 5.41) is 8.94. The third-order valence-corrected chi connectivity index (χ3v) is 5.08. The molecule has 0 bridgehead atoms. The van der Waals surface area contributed by atoms with E-state index < -0.39 is 0 Å². The van der Waals surface area contributed by atoms with E-state index in [0.717, 1.165) is 49.7 Å². The van der Waals surface area contributed by atoms with Crippen molar-refractivity contribution < 1.29 is 9.53 Å². The zero-order chi connectivity index (χ0) is 18.4. The smallest absolute Gasteiger partial charge is 0.338 e. The lowest BCUT2D eigenvalue weighted by atomic mass is 9.88. The maximum Gasteiger partial charge on any atom is 0.338 e. The van der Waals surface area contributed by atoms with E-state index in [9.17, 15) is 4.79 Å². The molecule has 1 aliphatic carbocycles. The molecule has 1 aliphatic rings. The number of nitriles is 1. The van der Waals surface area contributed by atoms with E-state index in [-0.39, 0.29) is 18.0 Å². The highest BCUT2D eigenvalue weighted by atomic mass is 16.5. The van der Waals surface area contributed by atoms with Crippen LogP contribution in [0.2, 0.25) is 0 Å². The molecule has 2 aromatic carbocycles. The SMILES string of the molecule is CCCc1ccc(-c2ccc(C(=O)O[C@H]3CC[C@H](C#N)CC3)cc2)cc1. The molecular formula is C23H25NO2. The minimum Gasteiger partial charge on any atom is -0.459 e. The van der Waals surface area contributed by atoms with Crippen LogP contribution in [-0.4, -0.2) is 12.1 Å². The molecule has 1 saturated carbocycles. The van der Waals surface area contributed by atoms with Crippen LogP contribution in [0.3, 0.4) is 0 Å². The molecule has 134 valence electrons. The molecule has 0 spiro atoms. The van der Waals surface area contributed by atoms with Crippen LogP contribution < -0.4 is 0 Å². The minimum atomic E-state index is -0.268. The topological polar surface area (TPSA) is 50.1 Å². The number of carbonyl (C=O) groups is 1. The van der Waals surface area contributed by atoms with Gasteiger partial charge in [0, 0.05) is 5.92 Å². The lowest BCUT2D eigenvalue weighted by molar-refractivity contribution is 0.0187. The Labute approximate surface area is 155 Å². The fourth-order valence-corrected chi connectivity index (χ4v) is 3.48.